The van der Waals surface area contributed by atoms with Crippen LogP contribution in [0.25, 0.3) is 0 Å². The minimum atomic E-state index is -0.152. The van der Waals surface area contributed by atoms with E-state index in [4.69, 9.17) is 0 Å². The maximum Gasteiger partial charge on any atom is 2.00 e. The standard InChI is InChI=1S/C27H24O4.2Mg/c28-24-13-3-1-7-18(24)15-20-9-5-11-22(26(20)30)17-23-12-6-10-21(27(23)31)16-19-8-2-4-14-25(19)29;;/h1-14,28-31H,15-17H2;;/q;2*+2/p-4. The molecule has 0 aliphatic heterocycles. The average Bonchev–Trinajstić information content (AvgIpc) is 2.76. The quantitative estimate of drug-likeness (QED) is 0.415. The first-order valence-electron chi connectivity index (χ1n) is 10.1. The first-order valence-corrected chi connectivity index (χ1v) is 10.1. The van der Waals surface area contributed by atoms with Gasteiger partial charge in [0, 0.05) is 0 Å². The van der Waals surface area contributed by atoms with Gasteiger partial charge in [0.15, 0.2) is 0 Å². The van der Waals surface area contributed by atoms with Crippen LogP contribution in [-0.4, -0.2) is 46.1 Å². The number of rotatable bonds is 6. The molecule has 0 aromatic heterocycles. The molecule has 156 valence electrons. The van der Waals surface area contributed by atoms with E-state index in [-0.39, 0.29) is 88.4 Å². The van der Waals surface area contributed by atoms with Crippen LogP contribution >= 0.6 is 0 Å². The van der Waals surface area contributed by atoms with Crippen LogP contribution in [-0.2, 0) is 19.3 Å². The summed E-state index contributed by atoms with van der Waals surface area (Å²) in [5.41, 5.74) is 3.23. The molecule has 0 fully saturated rings. The molecule has 4 rings (SSSR count). The molecule has 6 heteroatoms. The second kappa shape index (κ2) is 12.2. The Bertz CT molecular complexity index is 1130. The van der Waals surface area contributed by atoms with Crippen LogP contribution in [0.1, 0.15) is 33.4 Å². The van der Waals surface area contributed by atoms with Crippen LogP contribution in [0.3, 0.4) is 0 Å². The van der Waals surface area contributed by atoms with Crippen molar-refractivity contribution < 1.29 is 20.4 Å². The van der Waals surface area contributed by atoms with Crippen molar-refractivity contribution in [2.24, 2.45) is 0 Å². The third kappa shape index (κ3) is 6.35. The number of para-hydroxylation sites is 4. The Labute approximate surface area is 225 Å². The van der Waals surface area contributed by atoms with Gasteiger partial charge in [-0.1, -0.05) is 118 Å². The van der Waals surface area contributed by atoms with Crippen LogP contribution in [0, 0.1) is 0 Å². The van der Waals surface area contributed by atoms with Crippen molar-refractivity contribution in [3.63, 3.8) is 0 Å². The van der Waals surface area contributed by atoms with Gasteiger partial charge in [0.25, 0.3) is 0 Å². The summed E-state index contributed by atoms with van der Waals surface area (Å²) >= 11 is 0. The Morgan fingerprint density at radius 3 is 0.970 bits per heavy atom. The zero-order chi connectivity index (χ0) is 21.8. The summed E-state index contributed by atoms with van der Waals surface area (Å²) in [5, 5.41) is 50.0. The zero-order valence-electron chi connectivity index (χ0n) is 18.3. The minimum absolute atomic E-state index is 0. The van der Waals surface area contributed by atoms with E-state index in [1.807, 2.05) is 0 Å². The van der Waals surface area contributed by atoms with Crippen molar-refractivity contribution in [2.45, 2.75) is 19.3 Å². The van der Waals surface area contributed by atoms with E-state index in [9.17, 15) is 20.4 Å². The molecule has 0 radical (unpaired) electrons. The van der Waals surface area contributed by atoms with Crippen molar-refractivity contribution in [3.8, 4) is 23.0 Å². The van der Waals surface area contributed by atoms with Gasteiger partial charge in [-0.2, -0.15) is 0 Å². The van der Waals surface area contributed by atoms with Gasteiger partial charge >= 0.3 is 46.1 Å². The third-order valence-electron chi connectivity index (χ3n) is 5.44. The minimum Gasteiger partial charge on any atom is -0.872 e. The molecule has 0 bridgehead atoms. The van der Waals surface area contributed by atoms with E-state index in [0.29, 0.717) is 33.4 Å². The number of benzene rings is 4. The maximum atomic E-state index is 13.0. The molecule has 0 saturated heterocycles. The number of hydrogen-bond acceptors (Lipinski definition) is 4. The van der Waals surface area contributed by atoms with E-state index in [0.717, 1.165) is 0 Å². The summed E-state index contributed by atoms with van der Waals surface area (Å²) in [6.45, 7) is 0. The van der Waals surface area contributed by atoms with Gasteiger partial charge < -0.3 is 20.4 Å². The predicted molar refractivity (Wildman–Crippen MR) is 123 cm³/mol. The Morgan fingerprint density at radius 1 is 0.364 bits per heavy atom. The topological polar surface area (TPSA) is 92.2 Å². The van der Waals surface area contributed by atoms with Crippen molar-refractivity contribution in [1.29, 1.82) is 0 Å². The molecular weight excluding hydrogens is 437 g/mol. The first-order chi connectivity index (χ1) is 15.0. The average molecular weight is 457 g/mol. The summed E-state index contributed by atoms with van der Waals surface area (Å²) in [7, 11) is 0. The van der Waals surface area contributed by atoms with Crippen molar-refractivity contribution >= 4 is 46.1 Å². The van der Waals surface area contributed by atoms with Crippen molar-refractivity contribution in [3.05, 3.63) is 118 Å². The van der Waals surface area contributed by atoms with E-state index in [2.05, 4.69) is 0 Å². The van der Waals surface area contributed by atoms with Gasteiger partial charge in [0.1, 0.15) is 0 Å². The Balaban J connectivity index is 0.00000193. The summed E-state index contributed by atoms with van der Waals surface area (Å²) < 4.78 is 0. The monoisotopic (exact) mass is 456 g/mol. The van der Waals surface area contributed by atoms with E-state index < -0.39 is 0 Å². The van der Waals surface area contributed by atoms with Crippen LogP contribution in [0.5, 0.6) is 23.0 Å². The molecule has 33 heavy (non-hydrogen) atoms. The normalized spacial score (nSPS) is 10.2. The fraction of sp³-hybridized carbons (Fsp3) is 0.111. The number of hydrogen-bond donors (Lipinski definition) is 0. The third-order valence-corrected chi connectivity index (χ3v) is 5.44. The summed E-state index contributed by atoms with van der Waals surface area (Å²) in [4.78, 5) is 0. The molecule has 0 unspecified atom stereocenters. The molecule has 4 aromatic rings. The fourth-order valence-electron chi connectivity index (χ4n) is 3.75. The van der Waals surface area contributed by atoms with Crippen LogP contribution in [0.2, 0.25) is 0 Å². The molecule has 0 N–H and O–H groups in total. The molecule has 0 heterocycles. The zero-order valence-corrected chi connectivity index (χ0v) is 21.1. The summed E-state index contributed by atoms with van der Waals surface area (Å²) in [6.07, 6.45) is 0.727. The second-order valence-corrected chi connectivity index (χ2v) is 7.56. The second-order valence-electron chi connectivity index (χ2n) is 7.56. The van der Waals surface area contributed by atoms with Gasteiger partial charge in [-0.3, -0.25) is 0 Å². The molecule has 4 nitrogen and oxygen atoms in total. The van der Waals surface area contributed by atoms with Gasteiger partial charge in [0.05, 0.1) is 0 Å². The molecule has 0 amide bonds. The van der Waals surface area contributed by atoms with Gasteiger partial charge in [0.2, 0.25) is 0 Å². The Kier molecular flexibility index (Phi) is 9.91. The van der Waals surface area contributed by atoms with Crippen LogP contribution < -0.4 is 20.4 Å². The van der Waals surface area contributed by atoms with Gasteiger partial charge in [-0.25, -0.2) is 0 Å². The maximum absolute atomic E-state index is 13.0. The summed E-state index contributed by atoms with van der Waals surface area (Å²) in [5.74, 6) is -0.498. The smallest absolute Gasteiger partial charge is 0.872 e. The summed E-state index contributed by atoms with van der Waals surface area (Å²) in [6, 6.07) is 23.8. The Hall–Kier alpha value is -2.39. The molecule has 0 atom stereocenters. The molecule has 0 aliphatic rings. The van der Waals surface area contributed by atoms with Crippen LogP contribution in [0.4, 0.5) is 0 Å². The molecule has 0 saturated carbocycles. The SMILES string of the molecule is [Mg+2].[Mg+2].[O-]c1ccccc1Cc1cccc(Cc2cccc(Cc3ccccc3[O-])c2[O-])c1[O-]. The van der Waals surface area contributed by atoms with Gasteiger partial charge in [-0.15, -0.1) is 23.0 Å². The van der Waals surface area contributed by atoms with Crippen molar-refractivity contribution in [2.75, 3.05) is 0 Å². The largest absolute Gasteiger partial charge is 2.00 e. The van der Waals surface area contributed by atoms with E-state index in [1.54, 1.807) is 72.8 Å². The molecule has 0 aliphatic carbocycles. The molecular formula is C27H20Mg2O4. The van der Waals surface area contributed by atoms with E-state index >= 15 is 0 Å². The van der Waals surface area contributed by atoms with E-state index in [1.165, 1.54) is 12.1 Å². The predicted octanol–water partition coefficient (Wildman–Crippen LogP) is 1.99. The first kappa shape index (κ1) is 26.9. The van der Waals surface area contributed by atoms with Gasteiger partial charge in [-0.05, 0) is 19.3 Å². The van der Waals surface area contributed by atoms with Crippen molar-refractivity contribution in [1.82, 2.24) is 0 Å². The van der Waals surface area contributed by atoms with Crippen LogP contribution in [0.15, 0.2) is 84.9 Å². The Morgan fingerprint density at radius 2 is 0.636 bits per heavy atom. The molecule has 0 spiro atoms. The fourth-order valence-corrected chi connectivity index (χ4v) is 3.75. The molecule has 4 aromatic carbocycles.